The third-order valence-electron chi connectivity index (χ3n) is 5.55. The Hall–Kier alpha value is -2.06. The zero-order chi connectivity index (χ0) is 20.4. The van der Waals surface area contributed by atoms with Gasteiger partial charge in [-0.25, -0.2) is 0 Å². The monoisotopic (exact) mass is 426 g/mol. The van der Waals surface area contributed by atoms with Gasteiger partial charge in [0.15, 0.2) is 0 Å². The molecular formula is C22H26N4OS2. The number of aromatic nitrogens is 1. The molecule has 152 valence electrons. The second-order valence-electron chi connectivity index (χ2n) is 7.45. The molecule has 4 rings (SSSR count). The number of nitrogens with zero attached hydrogens (tertiary/aromatic N) is 3. The second kappa shape index (κ2) is 8.75. The molecule has 1 saturated heterocycles. The van der Waals surface area contributed by atoms with Crippen molar-refractivity contribution >= 4 is 33.6 Å². The van der Waals surface area contributed by atoms with E-state index in [2.05, 4.69) is 42.1 Å². The lowest BCUT2D eigenvalue weighted by Gasteiger charge is -2.38. The standard InChI is InChI=1S/C22H26N4OS2/c1-15-16(2)29-22(24-21(27)18-8-6-14-28-18)19(15)20(17-7-4-5-9-23-17)26-12-10-25(3)11-13-26/h4-9,14,20H,10-13H2,1-3H3,(H,24,27)/t20-/m1/s1. The average Bonchev–Trinajstić information content (AvgIpc) is 3.35. The maximum absolute atomic E-state index is 12.8. The fourth-order valence-corrected chi connectivity index (χ4v) is 5.48. The summed E-state index contributed by atoms with van der Waals surface area (Å²) in [4.78, 5) is 24.3. The maximum atomic E-state index is 12.8. The van der Waals surface area contributed by atoms with Gasteiger partial charge in [0.1, 0.15) is 5.00 Å². The van der Waals surface area contributed by atoms with Gasteiger partial charge in [0, 0.05) is 42.8 Å². The van der Waals surface area contributed by atoms with E-state index < -0.39 is 0 Å². The van der Waals surface area contributed by atoms with Gasteiger partial charge in [0.2, 0.25) is 0 Å². The smallest absolute Gasteiger partial charge is 0.266 e. The Bertz CT molecular complexity index is 960. The van der Waals surface area contributed by atoms with Gasteiger partial charge in [-0.1, -0.05) is 12.1 Å². The van der Waals surface area contributed by atoms with E-state index in [1.165, 1.54) is 27.3 Å². The number of anilines is 1. The molecule has 0 aliphatic carbocycles. The molecule has 0 spiro atoms. The topological polar surface area (TPSA) is 48.5 Å². The zero-order valence-corrected chi connectivity index (χ0v) is 18.6. The lowest BCUT2D eigenvalue weighted by Crippen LogP contribution is -2.46. The summed E-state index contributed by atoms with van der Waals surface area (Å²) in [5.74, 6) is -0.0411. The van der Waals surface area contributed by atoms with Gasteiger partial charge in [0.05, 0.1) is 16.6 Å². The summed E-state index contributed by atoms with van der Waals surface area (Å²) >= 11 is 3.13. The van der Waals surface area contributed by atoms with E-state index in [9.17, 15) is 4.79 Å². The van der Waals surface area contributed by atoms with Gasteiger partial charge >= 0.3 is 0 Å². The van der Waals surface area contributed by atoms with Crippen LogP contribution in [0.3, 0.4) is 0 Å². The van der Waals surface area contributed by atoms with E-state index in [4.69, 9.17) is 4.98 Å². The first-order valence-electron chi connectivity index (χ1n) is 9.83. The number of carbonyl (C=O) groups excluding carboxylic acids is 1. The Morgan fingerprint density at radius 3 is 2.59 bits per heavy atom. The summed E-state index contributed by atoms with van der Waals surface area (Å²) in [6.07, 6.45) is 1.86. The van der Waals surface area contributed by atoms with Crippen LogP contribution in [0.25, 0.3) is 0 Å². The lowest BCUT2D eigenvalue weighted by atomic mass is 9.97. The molecule has 1 atom stereocenters. The number of thiophene rings is 2. The molecular weight excluding hydrogens is 400 g/mol. The molecule has 5 nitrogen and oxygen atoms in total. The van der Waals surface area contributed by atoms with Crippen LogP contribution in [0.15, 0.2) is 41.9 Å². The first kappa shape index (κ1) is 20.2. The van der Waals surface area contributed by atoms with E-state index in [0.717, 1.165) is 41.8 Å². The van der Waals surface area contributed by atoms with Crippen LogP contribution in [0.4, 0.5) is 5.00 Å². The predicted molar refractivity (Wildman–Crippen MR) is 121 cm³/mol. The number of amides is 1. The zero-order valence-electron chi connectivity index (χ0n) is 17.0. The fraction of sp³-hybridized carbons (Fsp3) is 0.364. The Labute approximate surface area is 180 Å². The average molecular weight is 427 g/mol. The highest BCUT2D eigenvalue weighted by molar-refractivity contribution is 7.17. The van der Waals surface area contributed by atoms with Crippen LogP contribution in [0.1, 0.15) is 37.4 Å². The fourth-order valence-electron chi connectivity index (χ4n) is 3.77. The summed E-state index contributed by atoms with van der Waals surface area (Å²) in [5.41, 5.74) is 3.45. The van der Waals surface area contributed by atoms with Gasteiger partial charge in [-0.3, -0.25) is 14.7 Å². The van der Waals surface area contributed by atoms with Crippen molar-refractivity contribution in [2.45, 2.75) is 19.9 Å². The lowest BCUT2D eigenvalue weighted by molar-refractivity contribution is 0.103. The summed E-state index contributed by atoms with van der Waals surface area (Å²) in [5, 5.41) is 6.07. The molecule has 3 aromatic heterocycles. The van der Waals surface area contributed by atoms with Gasteiger partial charge in [-0.05, 0) is 50.0 Å². The van der Waals surface area contributed by atoms with E-state index in [1.54, 1.807) is 11.3 Å². The van der Waals surface area contributed by atoms with Crippen molar-refractivity contribution in [2.75, 3.05) is 38.5 Å². The van der Waals surface area contributed by atoms with Crippen LogP contribution in [-0.2, 0) is 0 Å². The molecule has 0 bridgehead atoms. The summed E-state index contributed by atoms with van der Waals surface area (Å²) in [7, 11) is 2.17. The number of likely N-dealkylation sites (N-methyl/N-ethyl adjacent to an activating group) is 1. The van der Waals surface area contributed by atoms with Crippen LogP contribution >= 0.6 is 22.7 Å². The molecule has 1 fully saturated rings. The van der Waals surface area contributed by atoms with Crippen LogP contribution in [0.2, 0.25) is 0 Å². The van der Waals surface area contributed by atoms with E-state index in [0.29, 0.717) is 0 Å². The first-order chi connectivity index (χ1) is 14.0. The van der Waals surface area contributed by atoms with Gasteiger partial charge in [-0.15, -0.1) is 22.7 Å². The third-order valence-corrected chi connectivity index (χ3v) is 7.56. The highest BCUT2D eigenvalue weighted by Crippen LogP contribution is 2.42. The van der Waals surface area contributed by atoms with E-state index in [-0.39, 0.29) is 11.9 Å². The normalized spacial score (nSPS) is 16.7. The van der Waals surface area contributed by atoms with Crippen molar-refractivity contribution in [1.82, 2.24) is 14.8 Å². The minimum absolute atomic E-state index is 0.0356. The van der Waals surface area contributed by atoms with Crippen molar-refractivity contribution in [3.05, 3.63) is 68.5 Å². The van der Waals surface area contributed by atoms with Gasteiger partial charge in [-0.2, -0.15) is 0 Å². The largest absolute Gasteiger partial charge is 0.313 e. The molecule has 0 saturated carbocycles. The summed E-state index contributed by atoms with van der Waals surface area (Å²) in [6.45, 7) is 8.30. The molecule has 1 aliphatic rings. The van der Waals surface area contributed by atoms with Gasteiger partial charge < -0.3 is 10.2 Å². The Morgan fingerprint density at radius 2 is 1.93 bits per heavy atom. The molecule has 0 aromatic carbocycles. The Morgan fingerprint density at radius 1 is 1.14 bits per heavy atom. The predicted octanol–water partition coefficient (Wildman–Crippen LogP) is 4.41. The van der Waals surface area contributed by atoms with Crippen molar-refractivity contribution in [3.63, 3.8) is 0 Å². The van der Waals surface area contributed by atoms with Crippen LogP contribution < -0.4 is 5.32 Å². The first-order valence-corrected chi connectivity index (χ1v) is 11.5. The Kier molecular flexibility index (Phi) is 6.10. The SMILES string of the molecule is Cc1sc(NC(=O)c2cccs2)c([C@@H](c2ccccn2)N2CCN(C)CC2)c1C. The maximum Gasteiger partial charge on any atom is 0.266 e. The van der Waals surface area contributed by atoms with Crippen molar-refractivity contribution in [3.8, 4) is 0 Å². The molecule has 1 N–H and O–H groups in total. The number of aryl methyl sites for hydroxylation is 1. The minimum atomic E-state index is -0.0411. The number of rotatable bonds is 5. The molecule has 1 aliphatic heterocycles. The van der Waals surface area contributed by atoms with Crippen LogP contribution in [0, 0.1) is 13.8 Å². The molecule has 0 radical (unpaired) electrons. The van der Waals surface area contributed by atoms with Gasteiger partial charge in [0.25, 0.3) is 5.91 Å². The molecule has 3 aromatic rings. The number of piperazine rings is 1. The van der Waals surface area contributed by atoms with Crippen LogP contribution in [0.5, 0.6) is 0 Å². The minimum Gasteiger partial charge on any atom is -0.313 e. The number of hydrogen-bond donors (Lipinski definition) is 1. The van der Waals surface area contributed by atoms with Crippen molar-refractivity contribution < 1.29 is 4.79 Å². The number of hydrogen-bond acceptors (Lipinski definition) is 6. The summed E-state index contributed by atoms with van der Waals surface area (Å²) in [6, 6.07) is 9.91. The molecule has 1 amide bonds. The number of nitrogens with one attached hydrogen (secondary N) is 1. The van der Waals surface area contributed by atoms with E-state index >= 15 is 0 Å². The van der Waals surface area contributed by atoms with Crippen molar-refractivity contribution in [2.24, 2.45) is 0 Å². The summed E-state index contributed by atoms with van der Waals surface area (Å²) < 4.78 is 0. The number of pyridine rings is 1. The molecule has 4 heterocycles. The quantitative estimate of drug-likeness (QED) is 0.657. The molecule has 7 heteroatoms. The second-order valence-corrected chi connectivity index (χ2v) is 9.63. The Balaban J connectivity index is 1.75. The number of carbonyl (C=O) groups is 1. The molecule has 0 unspecified atom stereocenters. The van der Waals surface area contributed by atoms with E-state index in [1.807, 2.05) is 35.8 Å². The highest BCUT2D eigenvalue weighted by atomic mass is 32.1. The van der Waals surface area contributed by atoms with Crippen LogP contribution in [-0.4, -0.2) is 53.9 Å². The molecule has 29 heavy (non-hydrogen) atoms. The highest BCUT2D eigenvalue weighted by Gasteiger charge is 2.31. The van der Waals surface area contributed by atoms with Crippen molar-refractivity contribution in [1.29, 1.82) is 0 Å². The third kappa shape index (κ3) is 4.28.